The Balaban J connectivity index is 2.65. The molecule has 0 aliphatic rings. The van der Waals surface area contributed by atoms with Gasteiger partial charge in [-0.25, -0.2) is 0 Å². The quantitative estimate of drug-likeness (QED) is 0.678. The summed E-state index contributed by atoms with van der Waals surface area (Å²) in [7, 11) is 0. The third kappa shape index (κ3) is 1.72. The van der Waals surface area contributed by atoms with Crippen molar-refractivity contribution >= 4 is 5.91 Å². The fourth-order valence-electron chi connectivity index (χ4n) is 0.770. The molecule has 1 heterocycles. The molecule has 0 aliphatic heterocycles. The molecule has 12 heavy (non-hydrogen) atoms. The minimum Gasteiger partial charge on any atom is -0.364 e. The number of carbonyl (C=O) groups is 1. The Morgan fingerprint density at radius 1 is 1.92 bits per heavy atom. The van der Waals surface area contributed by atoms with E-state index in [1.54, 1.807) is 13.0 Å². The van der Waals surface area contributed by atoms with Crippen molar-refractivity contribution in [2.24, 2.45) is 0 Å². The maximum Gasteiger partial charge on any atom is 0.256 e. The number of hydrogen-bond acceptors (Lipinski definition) is 3. The van der Waals surface area contributed by atoms with Crippen LogP contribution in [0.25, 0.3) is 0 Å². The van der Waals surface area contributed by atoms with Crippen LogP contribution in [0, 0.1) is 6.92 Å². The summed E-state index contributed by atoms with van der Waals surface area (Å²) in [5, 5.41) is 6.20. The van der Waals surface area contributed by atoms with Crippen molar-refractivity contribution in [2.45, 2.75) is 6.92 Å². The first-order valence-electron chi connectivity index (χ1n) is 3.55. The number of aryl methyl sites for hydroxylation is 1. The van der Waals surface area contributed by atoms with Gasteiger partial charge in [0.2, 0.25) is 0 Å². The summed E-state index contributed by atoms with van der Waals surface area (Å²) in [5.41, 5.74) is 1.06. The van der Waals surface area contributed by atoms with Crippen molar-refractivity contribution in [3.8, 4) is 0 Å². The van der Waals surface area contributed by atoms with Crippen LogP contribution in [0.4, 0.5) is 0 Å². The first-order chi connectivity index (χ1) is 5.75. The summed E-state index contributed by atoms with van der Waals surface area (Å²) in [6, 6.07) is 0. The van der Waals surface area contributed by atoms with Crippen LogP contribution in [-0.4, -0.2) is 17.6 Å². The van der Waals surface area contributed by atoms with E-state index in [9.17, 15) is 4.79 Å². The number of carbonyl (C=O) groups excluding carboxylic acids is 1. The molecule has 1 rings (SSSR count). The van der Waals surface area contributed by atoms with Gasteiger partial charge < -0.3 is 9.84 Å². The van der Waals surface area contributed by atoms with Crippen molar-refractivity contribution in [1.82, 2.24) is 10.5 Å². The maximum absolute atomic E-state index is 11.2. The zero-order valence-electron chi connectivity index (χ0n) is 6.83. The van der Waals surface area contributed by atoms with Gasteiger partial charge in [-0.05, 0) is 6.92 Å². The van der Waals surface area contributed by atoms with Gasteiger partial charge in [0.25, 0.3) is 5.91 Å². The molecule has 1 aromatic heterocycles. The predicted octanol–water partition coefficient (Wildman–Crippen LogP) is 0.899. The van der Waals surface area contributed by atoms with E-state index in [1.165, 1.54) is 6.26 Å². The lowest BCUT2D eigenvalue weighted by Gasteiger charge is -1.97. The lowest BCUT2D eigenvalue weighted by atomic mass is 10.2. The van der Waals surface area contributed by atoms with E-state index in [1.807, 2.05) is 0 Å². The van der Waals surface area contributed by atoms with Crippen LogP contribution in [0.1, 0.15) is 16.1 Å². The van der Waals surface area contributed by atoms with Gasteiger partial charge in [-0.2, -0.15) is 0 Å². The monoisotopic (exact) mass is 166 g/mol. The number of nitrogens with zero attached hydrogens (tertiary/aromatic N) is 1. The number of hydrogen-bond donors (Lipinski definition) is 1. The van der Waals surface area contributed by atoms with Gasteiger partial charge in [-0.3, -0.25) is 4.79 Å². The Morgan fingerprint density at radius 3 is 3.17 bits per heavy atom. The highest BCUT2D eigenvalue weighted by Gasteiger charge is 2.10. The molecule has 0 aromatic carbocycles. The van der Waals surface area contributed by atoms with E-state index in [0.29, 0.717) is 17.8 Å². The highest BCUT2D eigenvalue weighted by atomic mass is 16.5. The zero-order chi connectivity index (χ0) is 8.97. The highest BCUT2D eigenvalue weighted by Crippen LogP contribution is 2.03. The van der Waals surface area contributed by atoms with Crippen LogP contribution in [-0.2, 0) is 0 Å². The molecule has 0 atom stereocenters. The summed E-state index contributed by atoms with van der Waals surface area (Å²) in [4.78, 5) is 11.2. The average molecular weight is 166 g/mol. The van der Waals surface area contributed by atoms with Gasteiger partial charge in [-0.1, -0.05) is 11.2 Å². The Labute approximate surface area is 70.2 Å². The summed E-state index contributed by atoms with van der Waals surface area (Å²) in [5.74, 6) is -0.186. The predicted molar refractivity (Wildman–Crippen MR) is 43.8 cm³/mol. The van der Waals surface area contributed by atoms with E-state index in [4.69, 9.17) is 0 Å². The molecule has 4 nitrogen and oxygen atoms in total. The normalized spacial score (nSPS) is 9.42. The van der Waals surface area contributed by atoms with Crippen molar-refractivity contribution < 1.29 is 9.32 Å². The molecule has 1 aromatic rings. The molecule has 0 saturated heterocycles. The molecular weight excluding hydrogens is 156 g/mol. The van der Waals surface area contributed by atoms with E-state index in [2.05, 4.69) is 21.6 Å². The lowest BCUT2D eigenvalue weighted by Crippen LogP contribution is -2.23. The third-order valence-electron chi connectivity index (χ3n) is 1.40. The minimum atomic E-state index is -0.186. The largest absolute Gasteiger partial charge is 0.364 e. The van der Waals surface area contributed by atoms with Gasteiger partial charge in [0.1, 0.15) is 11.8 Å². The SMILES string of the molecule is C=CCNC(=O)c1conc1C. The van der Waals surface area contributed by atoms with Gasteiger partial charge in [0, 0.05) is 6.54 Å². The number of aromatic nitrogens is 1. The van der Waals surface area contributed by atoms with Crippen LogP contribution in [0.5, 0.6) is 0 Å². The standard InChI is InChI=1S/C8H10N2O2/c1-3-4-9-8(11)7-5-12-10-6(7)2/h3,5H,1,4H2,2H3,(H,9,11). The molecule has 0 aliphatic carbocycles. The molecule has 0 fully saturated rings. The van der Waals surface area contributed by atoms with Gasteiger partial charge in [-0.15, -0.1) is 6.58 Å². The van der Waals surface area contributed by atoms with Crippen molar-refractivity contribution in [2.75, 3.05) is 6.54 Å². The molecule has 0 saturated carbocycles. The van der Waals surface area contributed by atoms with Crippen molar-refractivity contribution in [3.05, 3.63) is 30.2 Å². The molecule has 64 valence electrons. The lowest BCUT2D eigenvalue weighted by molar-refractivity contribution is 0.0957. The third-order valence-corrected chi connectivity index (χ3v) is 1.40. The number of rotatable bonds is 3. The molecule has 4 heteroatoms. The van der Waals surface area contributed by atoms with Crippen LogP contribution < -0.4 is 5.32 Å². The Morgan fingerprint density at radius 2 is 2.67 bits per heavy atom. The van der Waals surface area contributed by atoms with E-state index in [0.717, 1.165) is 0 Å². The number of amides is 1. The van der Waals surface area contributed by atoms with E-state index >= 15 is 0 Å². The van der Waals surface area contributed by atoms with Crippen molar-refractivity contribution in [3.63, 3.8) is 0 Å². The van der Waals surface area contributed by atoms with Crippen LogP contribution in [0.2, 0.25) is 0 Å². The number of nitrogens with one attached hydrogen (secondary N) is 1. The first-order valence-corrected chi connectivity index (χ1v) is 3.55. The van der Waals surface area contributed by atoms with Gasteiger partial charge in [0.05, 0.1) is 5.69 Å². The fraction of sp³-hybridized carbons (Fsp3) is 0.250. The second-order valence-electron chi connectivity index (χ2n) is 2.31. The molecule has 0 unspecified atom stereocenters. The average Bonchev–Trinajstić information content (AvgIpc) is 2.47. The summed E-state index contributed by atoms with van der Waals surface area (Å²) >= 11 is 0. The molecule has 0 bridgehead atoms. The van der Waals surface area contributed by atoms with Crippen LogP contribution >= 0.6 is 0 Å². The van der Waals surface area contributed by atoms with Crippen LogP contribution in [0.15, 0.2) is 23.4 Å². The Bertz CT molecular complexity index is 291. The van der Waals surface area contributed by atoms with E-state index < -0.39 is 0 Å². The second kappa shape index (κ2) is 3.71. The Hall–Kier alpha value is -1.58. The zero-order valence-corrected chi connectivity index (χ0v) is 6.83. The smallest absolute Gasteiger partial charge is 0.256 e. The first kappa shape index (κ1) is 8.52. The second-order valence-corrected chi connectivity index (χ2v) is 2.31. The molecule has 1 N–H and O–H groups in total. The van der Waals surface area contributed by atoms with Crippen LogP contribution in [0.3, 0.4) is 0 Å². The molecule has 1 amide bonds. The summed E-state index contributed by atoms with van der Waals surface area (Å²) in [6.45, 7) is 5.65. The summed E-state index contributed by atoms with van der Waals surface area (Å²) < 4.78 is 4.61. The fourth-order valence-corrected chi connectivity index (χ4v) is 0.770. The van der Waals surface area contributed by atoms with Gasteiger partial charge in [0.15, 0.2) is 0 Å². The van der Waals surface area contributed by atoms with Gasteiger partial charge >= 0.3 is 0 Å². The molecule has 0 radical (unpaired) electrons. The maximum atomic E-state index is 11.2. The highest BCUT2D eigenvalue weighted by molar-refractivity contribution is 5.94. The minimum absolute atomic E-state index is 0.186. The Kier molecular flexibility index (Phi) is 2.63. The topological polar surface area (TPSA) is 55.1 Å². The molecule has 0 spiro atoms. The summed E-state index contributed by atoms with van der Waals surface area (Å²) in [6.07, 6.45) is 2.94. The van der Waals surface area contributed by atoms with E-state index in [-0.39, 0.29) is 5.91 Å². The van der Waals surface area contributed by atoms with Crippen molar-refractivity contribution in [1.29, 1.82) is 0 Å². The molecular formula is C8H10N2O2.